The molecule has 0 aliphatic rings. The number of halogens is 5. The van der Waals surface area contributed by atoms with Gasteiger partial charge in [-0.2, -0.15) is 13.2 Å². The summed E-state index contributed by atoms with van der Waals surface area (Å²) in [6.07, 6.45) is -0.537. The van der Waals surface area contributed by atoms with Gasteiger partial charge in [-0.15, -0.1) is 21.2 Å². The SMILES string of the molecule is CC(C)(C)[S@+]([O-])N[C@H](c1ccc(F)cc1Cc1cccc2cc(-c3nc(NCCn4ccnn4)ncc3F)sc12)C(F)(F)F. The van der Waals surface area contributed by atoms with E-state index >= 15 is 0 Å². The summed E-state index contributed by atoms with van der Waals surface area (Å²) in [5.74, 6) is -1.13. The van der Waals surface area contributed by atoms with Crippen LogP contribution < -0.4 is 10.0 Å². The van der Waals surface area contributed by atoms with Crippen LogP contribution in [0.15, 0.2) is 61.1 Å². The molecule has 0 aliphatic carbocycles. The molecule has 3 heterocycles. The van der Waals surface area contributed by atoms with E-state index in [9.17, 15) is 26.5 Å². The zero-order chi connectivity index (χ0) is 31.6. The van der Waals surface area contributed by atoms with Gasteiger partial charge in [0.05, 0.1) is 23.8 Å². The molecule has 2 atom stereocenters. The van der Waals surface area contributed by atoms with E-state index in [1.807, 2.05) is 0 Å². The maximum Gasteiger partial charge on any atom is 0.412 e. The predicted octanol–water partition coefficient (Wildman–Crippen LogP) is 6.59. The van der Waals surface area contributed by atoms with Gasteiger partial charge in [0.25, 0.3) is 0 Å². The summed E-state index contributed by atoms with van der Waals surface area (Å²) in [6, 6.07) is 7.80. The summed E-state index contributed by atoms with van der Waals surface area (Å²) in [6.45, 7) is 5.58. The Bertz CT molecular complexity index is 1740. The lowest BCUT2D eigenvalue weighted by Crippen LogP contribution is -2.46. The van der Waals surface area contributed by atoms with Crippen molar-refractivity contribution in [3.63, 3.8) is 0 Å². The molecule has 0 spiro atoms. The van der Waals surface area contributed by atoms with Crippen LogP contribution in [0, 0.1) is 11.6 Å². The molecular weight excluding hydrogens is 621 g/mol. The molecule has 5 aromatic rings. The summed E-state index contributed by atoms with van der Waals surface area (Å²) in [5.41, 5.74) is 0.533. The van der Waals surface area contributed by atoms with E-state index in [0.29, 0.717) is 28.2 Å². The second-order valence-corrected chi connectivity index (χ2v) is 14.0. The van der Waals surface area contributed by atoms with Gasteiger partial charge in [-0.05, 0) is 67.5 Å². The van der Waals surface area contributed by atoms with Gasteiger partial charge >= 0.3 is 6.18 Å². The molecule has 0 amide bonds. The minimum atomic E-state index is -4.80. The smallest absolute Gasteiger partial charge is 0.412 e. The molecule has 0 radical (unpaired) electrons. The number of benzene rings is 2. The third kappa shape index (κ3) is 7.34. The second-order valence-electron chi connectivity index (χ2n) is 10.9. The first-order valence-electron chi connectivity index (χ1n) is 13.4. The van der Waals surface area contributed by atoms with Crippen molar-refractivity contribution >= 4 is 38.7 Å². The van der Waals surface area contributed by atoms with Crippen molar-refractivity contribution in [1.82, 2.24) is 29.7 Å². The van der Waals surface area contributed by atoms with E-state index in [-0.39, 0.29) is 29.2 Å². The molecular formula is C29H28F5N7OS2. The van der Waals surface area contributed by atoms with E-state index < -0.39 is 40.0 Å². The lowest BCUT2D eigenvalue weighted by atomic mass is 9.94. The molecule has 2 N–H and O–H groups in total. The molecule has 0 saturated heterocycles. The third-order valence-electron chi connectivity index (χ3n) is 6.60. The van der Waals surface area contributed by atoms with Crippen LogP contribution in [0.25, 0.3) is 20.7 Å². The lowest BCUT2D eigenvalue weighted by Gasteiger charge is -2.30. The van der Waals surface area contributed by atoms with Crippen molar-refractivity contribution in [2.24, 2.45) is 0 Å². The van der Waals surface area contributed by atoms with Crippen LogP contribution >= 0.6 is 11.3 Å². The predicted molar refractivity (Wildman–Crippen MR) is 160 cm³/mol. The van der Waals surface area contributed by atoms with Crippen molar-refractivity contribution in [1.29, 1.82) is 0 Å². The standard InChI is InChI=1S/C29H28F5N7OS2/c1-28(2,3)44(42)39-26(29(32,33)34)21-8-7-20(30)14-19(21)13-17-5-4-6-18-15-23(43-25(17)18)24-22(31)16-36-27(38-24)35-9-11-41-12-10-37-40-41/h4-8,10,12,14-16,26,39H,9,11,13H2,1-3H3,(H,35,36,38)/t26-,44+/m1/s1. The van der Waals surface area contributed by atoms with E-state index in [1.165, 1.54) is 11.3 Å². The van der Waals surface area contributed by atoms with Gasteiger partial charge in [0.1, 0.15) is 16.3 Å². The quantitative estimate of drug-likeness (QED) is 0.130. The Morgan fingerprint density at radius 3 is 2.57 bits per heavy atom. The fraction of sp³-hybridized carbons (Fsp3) is 0.310. The Balaban J connectivity index is 1.46. The number of nitrogens with zero attached hydrogens (tertiary/aromatic N) is 5. The van der Waals surface area contributed by atoms with Crippen molar-refractivity contribution in [3.8, 4) is 10.6 Å². The Morgan fingerprint density at radius 1 is 1.07 bits per heavy atom. The van der Waals surface area contributed by atoms with E-state index in [2.05, 4.69) is 30.3 Å². The highest BCUT2D eigenvalue weighted by Gasteiger charge is 2.46. The molecule has 0 aliphatic heterocycles. The lowest BCUT2D eigenvalue weighted by molar-refractivity contribution is -0.153. The van der Waals surface area contributed by atoms with Gasteiger partial charge in [-0.25, -0.2) is 18.7 Å². The number of thiophene rings is 1. The van der Waals surface area contributed by atoms with Gasteiger partial charge < -0.3 is 9.87 Å². The topological polar surface area (TPSA) is 104 Å². The van der Waals surface area contributed by atoms with Gasteiger partial charge in [0.2, 0.25) is 5.95 Å². The van der Waals surface area contributed by atoms with Gasteiger partial charge in [-0.3, -0.25) is 4.68 Å². The molecule has 3 aromatic heterocycles. The normalized spacial score (nSPS) is 13.8. The zero-order valence-corrected chi connectivity index (χ0v) is 25.5. The number of alkyl halides is 3. The highest BCUT2D eigenvalue weighted by Crippen LogP contribution is 2.40. The second kappa shape index (κ2) is 12.8. The zero-order valence-electron chi connectivity index (χ0n) is 23.8. The molecule has 44 heavy (non-hydrogen) atoms. The average molecular weight is 650 g/mol. The number of hydrogen-bond donors (Lipinski definition) is 2. The first-order valence-corrected chi connectivity index (χ1v) is 15.4. The van der Waals surface area contributed by atoms with Crippen LogP contribution in [0.2, 0.25) is 0 Å². The first kappa shape index (κ1) is 31.8. The van der Waals surface area contributed by atoms with Crippen LogP contribution in [0.5, 0.6) is 0 Å². The molecule has 15 heteroatoms. The number of fused-ring (bicyclic) bond motifs is 1. The minimum Gasteiger partial charge on any atom is -0.598 e. The molecule has 0 unspecified atom stereocenters. The molecule has 0 fully saturated rings. The number of aromatic nitrogens is 5. The molecule has 0 saturated carbocycles. The summed E-state index contributed by atoms with van der Waals surface area (Å²) < 4.78 is 88.4. The average Bonchev–Trinajstić information content (AvgIpc) is 3.62. The van der Waals surface area contributed by atoms with Crippen molar-refractivity contribution in [2.75, 3.05) is 11.9 Å². The van der Waals surface area contributed by atoms with Gasteiger partial charge in [0.15, 0.2) is 11.9 Å². The molecule has 232 valence electrons. The molecule has 0 bridgehead atoms. The van der Waals surface area contributed by atoms with Crippen LogP contribution in [-0.2, 0) is 24.3 Å². The highest BCUT2D eigenvalue weighted by molar-refractivity contribution is 7.90. The van der Waals surface area contributed by atoms with Gasteiger partial charge in [0, 0.05) is 28.8 Å². The number of nitrogens with one attached hydrogen (secondary N) is 2. The first-order chi connectivity index (χ1) is 20.8. The molecule has 5 rings (SSSR count). The Labute approximate surface area is 257 Å². The number of anilines is 1. The van der Waals surface area contributed by atoms with E-state index in [1.54, 1.807) is 62.1 Å². The maximum atomic E-state index is 14.9. The van der Waals surface area contributed by atoms with E-state index in [4.69, 9.17) is 0 Å². The fourth-order valence-electron chi connectivity index (χ4n) is 4.44. The molecule has 2 aromatic carbocycles. The Hall–Kier alpha value is -3.66. The highest BCUT2D eigenvalue weighted by atomic mass is 32.2. The number of rotatable bonds is 10. The van der Waals surface area contributed by atoms with Crippen LogP contribution in [0.3, 0.4) is 0 Å². The summed E-state index contributed by atoms with van der Waals surface area (Å²) in [7, 11) is 0. The fourth-order valence-corrected chi connectivity index (χ4v) is 6.43. The van der Waals surface area contributed by atoms with Crippen molar-refractivity contribution in [2.45, 2.75) is 50.7 Å². The van der Waals surface area contributed by atoms with Crippen molar-refractivity contribution in [3.05, 3.63) is 89.4 Å². The number of hydrogen-bond acceptors (Lipinski definition) is 8. The summed E-state index contributed by atoms with van der Waals surface area (Å²) in [5, 5.41) is 11.4. The van der Waals surface area contributed by atoms with Crippen LogP contribution in [0.1, 0.15) is 43.5 Å². The summed E-state index contributed by atoms with van der Waals surface area (Å²) >= 11 is -0.832. The van der Waals surface area contributed by atoms with E-state index in [0.717, 1.165) is 29.8 Å². The maximum absolute atomic E-state index is 14.9. The van der Waals surface area contributed by atoms with Crippen molar-refractivity contribution < 1.29 is 26.5 Å². The minimum absolute atomic E-state index is 0.0534. The van der Waals surface area contributed by atoms with Crippen LogP contribution in [0.4, 0.5) is 27.9 Å². The molecule has 8 nitrogen and oxygen atoms in total. The monoisotopic (exact) mass is 649 g/mol. The van der Waals surface area contributed by atoms with Crippen LogP contribution in [-0.4, -0.2) is 47.0 Å². The summed E-state index contributed by atoms with van der Waals surface area (Å²) in [4.78, 5) is 8.84. The van der Waals surface area contributed by atoms with Gasteiger partial charge in [-0.1, -0.05) is 29.5 Å². The Kier molecular flexibility index (Phi) is 9.20. The largest absolute Gasteiger partial charge is 0.598 e. The Morgan fingerprint density at radius 2 is 1.86 bits per heavy atom. The third-order valence-corrected chi connectivity index (χ3v) is 9.40.